The van der Waals surface area contributed by atoms with Crippen LogP contribution in [-0.4, -0.2) is 42.4 Å². The fourth-order valence-corrected chi connectivity index (χ4v) is 4.16. The van der Waals surface area contributed by atoms with Crippen LogP contribution < -0.4 is 10.6 Å². The van der Waals surface area contributed by atoms with Crippen LogP contribution in [0.1, 0.15) is 32.5 Å². The molecule has 0 unspecified atom stereocenters. The summed E-state index contributed by atoms with van der Waals surface area (Å²) in [6.07, 6.45) is 0. The second-order valence-electron chi connectivity index (χ2n) is 6.25. The van der Waals surface area contributed by atoms with Crippen LogP contribution in [0.25, 0.3) is 0 Å². The van der Waals surface area contributed by atoms with Crippen molar-refractivity contribution in [2.24, 2.45) is 0 Å². The minimum Gasteiger partial charge on any atom is -0.333 e. The van der Waals surface area contributed by atoms with Crippen molar-refractivity contribution < 1.29 is 14.0 Å². The molecule has 2 aromatic rings. The summed E-state index contributed by atoms with van der Waals surface area (Å²) in [6.45, 7) is 6.05. The van der Waals surface area contributed by atoms with Crippen LogP contribution in [0.15, 0.2) is 24.3 Å². The number of hydrogen-bond donors (Lipinski definition) is 2. The number of halogens is 2. The first kappa shape index (κ1) is 18.8. The lowest BCUT2D eigenvalue weighted by molar-refractivity contribution is 0.0660. The molecule has 26 heavy (non-hydrogen) atoms. The summed E-state index contributed by atoms with van der Waals surface area (Å²) >= 11 is 7.17. The highest BCUT2D eigenvalue weighted by atomic mass is 35.5. The van der Waals surface area contributed by atoms with Gasteiger partial charge in [0.25, 0.3) is 11.8 Å². The smallest absolute Gasteiger partial charge is 0.264 e. The van der Waals surface area contributed by atoms with Crippen molar-refractivity contribution in [1.29, 1.82) is 0 Å². The summed E-state index contributed by atoms with van der Waals surface area (Å²) in [5, 5.41) is 6.59. The maximum absolute atomic E-state index is 13.1. The maximum Gasteiger partial charge on any atom is 0.264 e. The number of anilines is 1. The summed E-state index contributed by atoms with van der Waals surface area (Å²) in [4.78, 5) is 27.7. The number of nitrogens with zero attached hydrogens (tertiary/aromatic N) is 1. The van der Waals surface area contributed by atoms with Crippen LogP contribution in [0.3, 0.4) is 0 Å². The number of carbonyl (C=O) groups excluding carboxylic acids is 2. The van der Waals surface area contributed by atoms with Gasteiger partial charge in [-0.05, 0) is 43.7 Å². The zero-order valence-electron chi connectivity index (χ0n) is 14.4. The number of amides is 2. The Hall–Kier alpha value is -1.96. The van der Waals surface area contributed by atoms with Crippen molar-refractivity contribution in [2.45, 2.75) is 19.9 Å². The molecule has 2 amide bonds. The summed E-state index contributed by atoms with van der Waals surface area (Å²) in [5.41, 5.74) is 0.994. The number of nitrogens with one attached hydrogen (secondary N) is 2. The Morgan fingerprint density at radius 2 is 2.15 bits per heavy atom. The normalized spacial score (nSPS) is 17.2. The average Bonchev–Trinajstić information content (AvgIpc) is 2.94. The van der Waals surface area contributed by atoms with E-state index in [2.05, 4.69) is 10.6 Å². The largest absolute Gasteiger partial charge is 0.333 e. The number of piperazine rings is 1. The third kappa shape index (κ3) is 3.90. The van der Waals surface area contributed by atoms with E-state index in [9.17, 15) is 14.0 Å². The molecule has 1 atom stereocenters. The molecule has 1 aliphatic heterocycles. The van der Waals surface area contributed by atoms with E-state index in [-0.39, 0.29) is 22.5 Å². The zero-order valence-corrected chi connectivity index (χ0v) is 16.0. The monoisotopic (exact) mass is 395 g/mol. The predicted molar refractivity (Wildman–Crippen MR) is 102 cm³/mol. The van der Waals surface area contributed by atoms with Crippen molar-refractivity contribution in [2.75, 3.05) is 25.0 Å². The van der Waals surface area contributed by atoms with Gasteiger partial charge in [0.15, 0.2) is 0 Å². The van der Waals surface area contributed by atoms with Crippen LogP contribution in [0.5, 0.6) is 0 Å². The minimum atomic E-state index is -0.503. The molecule has 0 aliphatic carbocycles. The molecule has 0 radical (unpaired) electrons. The molecule has 1 aromatic carbocycles. The standard InChI is InChI=1S/C18H19ClFN3O2S/c1-10-7-15(22-17(24)13-4-3-12(20)8-14(13)19)26-16(10)18(25)23-6-5-21-9-11(23)2/h3-4,7-8,11,21H,5-6,9H2,1-2H3,(H,22,24)/t11-/m0/s1. The molecule has 3 rings (SSSR count). The van der Waals surface area contributed by atoms with Crippen molar-refractivity contribution >= 4 is 39.8 Å². The van der Waals surface area contributed by atoms with Crippen molar-refractivity contribution in [3.05, 3.63) is 51.1 Å². The highest BCUT2D eigenvalue weighted by Gasteiger charge is 2.27. The first-order chi connectivity index (χ1) is 12.4. The Bertz CT molecular complexity index is 855. The number of carbonyl (C=O) groups is 2. The first-order valence-electron chi connectivity index (χ1n) is 8.25. The molecule has 1 fully saturated rings. The minimum absolute atomic E-state index is 0.0261. The van der Waals surface area contributed by atoms with Crippen LogP contribution in [-0.2, 0) is 0 Å². The van der Waals surface area contributed by atoms with Gasteiger partial charge in [0.1, 0.15) is 5.82 Å². The predicted octanol–water partition coefficient (Wildman–Crippen LogP) is 3.54. The van der Waals surface area contributed by atoms with Crippen LogP contribution in [0.4, 0.5) is 9.39 Å². The highest BCUT2D eigenvalue weighted by Crippen LogP contribution is 2.29. The summed E-state index contributed by atoms with van der Waals surface area (Å²) in [7, 11) is 0. The van der Waals surface area contributed by atoms with Gasteiger partial charge >= 0.3 is 0 Å². The Labute approximate surface area is 160 Å². The van der Waals surface area contributed by atoms with Crippen LogP contribution in [0.2, 0.25) is 5.02 Å². The molecule has 138 valence electrons. The van der Waals surface area contributed by atoms with Gasteiger partial charge in [0.2, 0.25) is 0 Å². The Balaban J connectivity index is 1.77. The molecule has 0 bridgehead atoms. The Morgan fingerprint density at radius 1 is 1.38 bits per heavy atom. The molecule has 0 saturated carbocycles. The Kier molecular flexibility index (Phi) is 5.60. The fraction of sp³-hybridized carbons (Fsp3) is 0.333. The van der Waals surface area contributed by atoms with Crippen molar-refractivity contribution in [3.63, 3.8) is 0 Å². The number of rotatable bonds is 3. The SMILES string of the molecule is Cc1cc(NC(=O)c2ccc(F)cc2Cl)sc1C(=O)N1CCNC[C@@H]1C. The van der Waals surface area contributed by atoms with Gasteiger partial charge in [0, 0.05) is 25.7 Å². The van der Waals surface area contributed by atoms with Gasteiger partial charge in [0.05, 0.1) is 20.5 Å². The summed E-state index contributed by atoms with van der Waals surface area (Å²) < 4.78 is 13.1. The molecular weight excluding hydrogens is 377 g/mol. The van der Waals surface area contributed by atoms with E-state index < -0.39 is 11.7 Å². The maximum atomic E-state index is 13.1. The lowest BCUT2D eigenvalue weighted by Gasteiger charge is -2.33. The van der Waals surface area contributed by atoms with E-state index in [1.54, 1.807) is 6.07 Å². The highest BCUT2D eigenvalue weighted by molar-refractivity contribution is 7.18. The van der Waals surface area contributed by atoms with Crippen molar-refractivity contribution in [3.8, 4) is 0 Å². The molecule has 2 heterocycles. The van der Waals surface area contributed by atoms with E-state index in [1.807, 2.05) is 18.7 Å². The lowest BCUT2D eigenvalue weighted by atomic mass is 10.2. The molecule has 1 aliphatic rings. The number of aryl methyl sites for hydroxylation is 1. The van der Waals surface area contributed by atoms with E-state index in [1.165, 1.54) is 23.5 Å². The van der Waals surface area contributed by atoms with Crippen molar-refractivity contribution in [1.82, 2.24) is 10.2 Å². The van der Waals surface area contributed by atoms with Gasteiger partial charge in [-0.1, -0.05) is 11.6 Å². The van der Waals surface area contributed by atoms with E-state index in [0.717, 1.165) is 24.7 Å². The third-order valence-electron chi connectivity index (χ3n) is 4.29. The molecule has 1 aromatic heterocycles. The number of thiophene rings is 1. The molecule has 5 nitrogen and oxygen atoms in total. The van der Waals surface area contributed by atoms with E-state index in [0.29, 0.717) is 16.4 Å². The molecular formula is C18H19ClFN3O2S. The fourth-order valence-electron chi connectivity index (χ4n) is 2.88. The number of benzene rings is 1. The second kappa shape index (κ2) is 7.73. The van der Waals surface area contributed by atoms with Crippen LogP contribution in [0, 0.1) is 12.7 Å². The van der Waals surface area contributed by atoms with E-state index >= 15 is 0 Å². The Morgan fingerprint density at radius 3 is 2.85 bits per heavy atom. The topological polar surface area (TPSA) is 61.4 Å². The number of hydrogen-bond acceptors (Lipinski definition) is 4. The quantitative estimate of drug-likeness (QED) is 0.835. The molecule has 0 spiro atoms. The van der Waals surface area contributed by atoms with Gasteiger partial charge in [-0.25, -0.2) is 4.39 Å². The van der Waals surface area contributed by atoms with Gasteiger partial charge in [-0.15, -0.1) is 11.3 Å². The third-order valence-corrected chi connectivity index (χ3v) is 5.74. The zero-order chi connectivity index (χ0) is 18.8. The van der Waals surface area contributed by atoms with Gasteiger partial charge in [-0.2, -0.15) is 0 Å². The molecule has 1 saturated heterocycles. The summed E-state index contributed by atoms with van der Waals surface area (Å²) in [6, 6.07) is 5.49. The second-order valence-corrected chi connectivity index (χ2v) is 7.71. The summed E-state index contributed by atoms with van der Waals surface area (Å²) in [5.74, 6) is -0.968. The average molecular weight is 396 g/mol. The van der Waals surface area contributed by atoms with Gasteiger partial charge in [-0.3, -0.25) is 9.59 Å². The lowest BCUT2D eigenvalue weighted by Crippen LogP contribution is -2.52. The molecule has 2 N–H and O–H groups in total. The van der Waals surface area contributed by atoms with E-state index in [4.69, 9.17) is 11.6 Å². The van der Waals surface area contributed by atoms with Crippen LogP contribution >= 0.6 is 22.9 Å². The molecule has 8 heteroatoms. The first-order valence-corrected chi connectivity index (χ1v) is 9.45. The van der Waals surface area contributed by atoms with Gasteiger partial charge < -0.3 is 15.5 Å².